The van der Waals surface area contributed by atoms with Crippen LogP contribution in [0.3, 0.4) is 0 Å². The molecule has 5 nitrogen and oxygen atoms in total. The lowest BCUT2D eigenvalue weighted by molar-refractivity contribution is -0.117. The first-order valence-electron chi connectivity index (χ1n) is 4.64. The number of nitrogens with zero attached hydrogens (tertiary/aromatic N) is 3. The second-order valence-corrected chi connectivity index (χ2v) is 3.84. The lowest BCUT2D eigenvalue weighted by Gasteiger charge is -2.16. The van der Waals surface area contributed by atoms with Gasteiger partial charge < -0.3 is 5.73 Å². The number of nitrogens with two attached hydrogens (primary N) is 1. The molecule has 1 aromatic heterocycles. The predicted octanol–water partition coefficient (Wildman–Crippen LogP) is 0.651. The Morgan fingerprint density at radius 2 is 2.47 bits per heavy atom. The third kappa shape index (κ3) is 1.87. The molecular weight excluding hydrogens is 216 g/mol. The number of nitrogen functional groups attached to an aromatic ring is 1. The first-order valence-corrected chi connectivity index (χ1v) is 5.17. The van der Waals surface area contributed by atoms with Gasteiger partial charge in [0.2, 0.25) is 5.91 Å². The first-order chi connectivity index (χ1) is 7.22. The highest BCUT2D eigenvalue weighted by Crippen LogP contribution is 2.27. The standard InChI is InChI=1S/C9H11ClN4O/c10-2-6-1-8(15)14(4-6)9-7(11)3-12-5-13-9/h3,5-6H,1-2,4,11H2. The summed E-state index contributed by atoms with van der Waals surface area (Å²) < 4.78 is 0. The Kier molecular flexibility index (Phi) is 2.73. The smallest absolute Gasteiger partial charge is 0.228 e. The second-order valence-electron chi connectivity index (χ2n) is 3.53. The maximum absolute atomic E-state index is 11.6. The van der Waals surface area contributed by atoms with Gasteiger partial charge in [0.1, 0.15) is 6.33 Å². The molecule has 1 aliphatic heterocycles. The summed E-state index contributed by atoms with van der Waals surface area (Å²) in [5.74, 6) is 1.18. The van der Waals surface area contributed by atoms with Crippen LogP contribution < -0.4 is 10.6 Å². The van der Waals surface area contributed by atoms with E-state index in [1.165, 1.54) is 12.5 Å². The third-order valence-electron chi connectivity index (χ3n) is 2.40. The molecule has 0 radical (unpaired) electrons. The van der Waals surface area contributed by atoms with Gasteiger partial charge in [-0.1, -0.05) is 0 Å². The van der Waals surface area contributed by atoms with E-state index in [0.29, 0.717) is 30.4 Å². The summed E-state index contributed by atoms with van der Waals surface area (Å²) in [7, 11) is 0. The van der Waals surface area contributed by atoms with Crippen LogP contribution in [0.25, 0.3) is 0 Å². The van der Waals surface area contributed by atoms with E-state index in [1.54, 1.807) is 4.90 Å². The van der Waals surface area contributed by atoms with Crippen molar-refractivity contribution in [1.29, 1.82) is 0 Å². The minimum Gasteiger partial charge on any atom is -0.394 e. The topological polar surface area (TPSA) is 72.1 Å². The number of aromatic nitrogens is 2. The van der Waals surface area contributed by atoms with Crippen molar-refractivity contribution in [2.45, 2.75) is 6.42 Å². The third-order valence-corrected chi connectivity index (χ3v) is 2.83. The van der Waals surface area contributed by atoms with Crippen LogP contribution in [0.1, 0.15) is 6.42 Å². The van der Waals surface area contributed by atoms with Crippen LogP contribution in [-0.2, 0) is 4.79 Å². The summed E-state index contributed by atoms with van der Waals surface area (Å²) >= 11 is 5.72. The van der Waals surface area contributed by atoms with Crippen molar-refractivity contribution in [3.05, 3.63) is 12.5 Å². The molecular formula is C9H11ClN4O. The maximum atomic E-state index is 11.6. The SMILES string of the molecule is Nc1cncnc1N1CC(CCl)CC1=O. The van der Waals surface area contributed by atoms with E-state index in [2.05, 4.69) is 9.97 Å². The number of hydrogen-bond donors (Lipinski definition) is 1. The number of hydrogen-bond acceptors (Lipinski definition) is 4. The van der Waals surface area contributed by atoms with Crippen molar-refractivity contribution in [1.82, 2.24) is 9.97 Å². The van der Waals surface area contributed by atoms with Crippen molar-refractivity contribution in [3.63, 3.8) is 0 Å². The van der Waals surface area contributed by atoms with E-state index in [0.717, 1.165) is 0 Å². The van der Waals surface area contributed by atoms with E-state index in [9.17, 15) is 4.79 Å². The Bertz CT molecular complexity index is 384. The highest BCUT2D eigenvalue weighted by atomic mass is 35.5. The van der Waals surface area contributed by atoms with E-state index in [4.69, 9.17) is 17.3 Å². The summed E-state index contributed by atoms with van der Waals surface area (Å²) in [6, 6.07) is 0. The average molecular weight is 227 g/mol. The number of anilines is 2. The Morgan fingerprint density at radius 3 is 3.07 bits per heavy atom. The van der Waals surface area contributed by atoms with Crippen LogP contribution in [-0.4, -0.2) is 28.3 Å². The van der Waals surface area contributed by atoms with E-state index >= 15 is 0 Å². The van der Waals surface area contributed by atoms with Gasteiger partial charge in [0.25, 0.3) is 0 Å². The van der Waals surface area contributed by atoms with Gasteiger partial charge in [-0.3, -0.25) is 9.69 Å². The molecule has 0 aliphatic carbocycles. The normalized spacial score (nSPS) is 21.0. The zero-order chi connectivity index (χ0) is 10.8. The molecule has 0 saturated carbocycles. The van der Waals surface area contributed by atoms with E-state index in [1.807, 2.05) is 0 Å². The lowest BCUT2D eigenvalue weighted by atomic mass is 10.1. The maximum Gasteiger partial charge on any atom is 0.228 e. The average Bonchev–Trinajstić information content (AvgIpc) is 2.60. The minimum atomic E-state index is 0.0195. The van der Waals surface area contributed by atoms with Crippen LogP contribution in [0, 0.1) is 5.92 Å². The molecule has 1 fully saturated rings. The van der Waals surface area contributed by atoms with Crippen LogP contribution >= 0.6 is 11.6 Å². The van der Waals surface area contributed by atoms with Gasteiger partial charge in [-0.25, -0.2) is 9.97 Å². The Hall–Kier alpha value is -1.36. The van der Waals surface area contributed by atoms with Crippen molar-refractivity contribution in [3.8, 4) is 0 Å². The molecule has 1 amide bonds. The first kappa shape index (κ1) is 10.2. The molecule has 0 spiro atoms. The summed E-state index contributed by atoms with van der Waals surface area (Å²) in [5.41, 5.74) is 6.12. The number of carbonyl (C=O) groups is 1. The van der Waals surface area contributed by atoms with Gasteiger partial charge in [-0.05, 0) is 5.92 Å². The molecule has 0 bridgehead atoms. The molecule has 2 N–H and O–H groups in total. The van der Waals surface area contributed by atoms with Crippen LogP contribution in [0.5, 0.6) is 0 Å². The summed E-state index contributed by atoms with van der Waals surface area (Å²) in [5, 5.41) is 0. The molecule has 6 heteroatoms. The summed E-state index contributed by atoms with van der Waals surface area (Å²) in [6.07, 6.45) is 3.34. The van der Waals surface area contributed by atoms with Gasteiger partial charge in [-0.2, -0.15) is 0 Å². The highest BCUT2D eigenvalue weighted by Gasteiger charge is 2.31. The van der Waals surface area contributed by atoms with Crippen molar-refractivity contribution < 1.29 is 4.79 Å². The van der Waals surface area contributed by atoms with Crippen molar-refractivity contribution in [2.75, 3.05) is 23.1 Å². The predicted molar refractivity (Wildman–Crippen MR) is 57.6 cm³/mol. The molecule has 1 aliphatic rings. The number of rotatable bonds is 2. The zero-order valence-corrected chi connectivity index (χ0v) is 8.81. The van der Waals surface area contributed by atoms with Gasteiger partial charge in [0, 0.05) is 18.8 Å². The van der Waals surface area contributed by atoms with Gasteiger partial charge in [-0.15, -0.1) is 11.6 Å². The molecule has 1 aromatic rings. The summed E-state index contributed by atoms with van der Waals surface area (Å²) in [6.45, 7) is 0.587. The van der Waals surface area contributed by atoms with E-state index < -0.39 is 0 Å². The van der Waals surface area contributed by atoms with Gasteiger partial charge in [0.15, 0.2) is 5.82 Å². The fourth-order valence-corrected chi connectivity index (χ4v) is 1.86. The lowest BCUT2D eigenvalue weighted by Crippen LogP contribution is -2.26. The molecule has 0 aromatic carbocycles. The van der Waals surface area contributed by atoms with Crippen molar-refractivity contribution in [2.24, 2.45) is 5.92 Å². The Balaban J connectivity index is 2.25. The fourth-order valence-electron chi connectivity index (χ4n) is 1.65. The summed E-state index contributed by atoms with van der Waals surface area (Å²) in [4.78, 5) is 21.0. The molecule has 2 heterocycles. The quantitative estimate of drug-likeness (QED) is 0.752. The zero-order valence-electron chi connectivity index (χ0n) is 8.06. The number of halogens is 1. The molecule has 80 valence electrons. The monoisotopic (exact) mass is 226 g/mol. The molecule has 1 saturated heterocycles. The molecule has 15 heavy (non-hydrogen) atoms. The fraction of sp³-hybridized carbons (Fsp3) is 0.444. The number of alkyl halides is 1. The van der Waals surface area contributed by atoms with Crippen LogP contribution in [0.2, 0.25) is 0 Å². The molecule has 1 unspecified atom stereocenters. The largest absolute Gasteiger partial charge is 0.394 e. The highest BCUT2D eigenvalue weighted by molar-refractivity contribution is 6.18. The van der Waals surface area contributed by atoms with Gasteiger partial charge >= 0.3 is 0 Å². The molecule has 1 atom stereocenters. The van der Waals surface area contributed by atoms with Gasteiger partial charge in [0.05, 0.1) is 11.9 Å². The number of carbonyl (C=O) groups excluding carboxylic acids is 1. The second kappa shape index (κ2) is 4.02. The van der Waals surface area contributed by atoms with Crippen molar-refractivity contribution >= 4 is 29.0 Å². The minimum absolute atomic E-state index is 0.0195. The van der Waals surface area contributed by atoms with Crippen LogP contribution in [0.15, 0.2) is 12.5 Å². The van der Waals surface area contributed by atoms with E-state index in [-0.39, 0.29) is 11.8 Å². The van der Waals surface area contributed by atoms with Crippen LogP contribution in [0.4, 0.5) is 11.5 Å². The number of amides is 1. The molecule has 2 rings (SSSR count). The Labute approximate surface area is 92.3 Å². The Morgan fingerprint density at radius 1 is 1.67 bits per heavy atom.